The zero-order valence-electron chi connectivity index (χ0n) is 39.8. The van der Waals surface area contributed by atoms with Crippen LogP contribution in [-0.4, -0.2) is 29.9 Å². The van der Waals surface area contributed by atoms with E-state index in [4.69, 9.17) is 34.3 Å². The summed E-state index contributed by atoms with van der Waals surface area (Å²) in [7, 11) is 0. The summed E-state index contributed by atoms with van der Waals surface area (Å²) in [6, 6.07) is 88.3. The lowest BCUT2D eigenvalue weighted by Gasteiger charge is -2.34. The van der Waals surface area contributed by atoms with Gasteiger partial charge in [-0.15, -0.1) is 0 Å². The van der Waals surface area contributed by atoms with Gasteiger partial charge in [0.25, 0.3) is 0 Å². The van der Waals surface area contributed by atoms with Gasteiger partial charge in [-0.05, 0) is 57.1 Å². The van der Waals surface area contributed by atoms with Crippen LogP contribution in [0.3, 0.4) is 0 Å². The van der Waals surface area contributed by atoms with Gasteiger partial charge in [0.2, 0.25) is 0 Å². The fourth-order valence-corrected chi connectivity index (χ4v) is 10.9. The van der Waals surface area contributed by atoms with Gasteiger partial charge in [0, 0.05) is 49.7 Å². The smallest absolute Gasteiger partial charge is 0.164 e. The summed E-state index contributed by atoms with van der Waals surface area (Å²) in [5.41, 5.74) is 15.1. The van der Waals surface area contributed by atoms with Crippen LogP contribution in [0.5, 0.6) is 0 Å². The fraction of sp³-hybridized carbons (Fsp3) is 0.0149. The average molecular weight is 947 g/mol. The zero-order chi connectivity index (χ0) is 49.0. The molecule has 0 unspecified atom stereocenters. The fourth-order valence-electron chi connectivity index (χ4n) is 10.9. The van der Waals surface area contributed by atoms with Gasteiger partial charge in [0.1, 0.15) is 11.2 Å². The minimum Gasteiger partial charge on any atom is -0.455 e. The summed E-state index contributed by atoms with van der Waals surface area (Å²) in [6.45, 7) is 0. The molecule has 3 heterocycles. The monoisotopic (exact) mass is 946 g/mol. The Bertz CT molecular complexity index is 4050. The Morgan fingerprint density at radius 1 is 0.284 bits per heavy atom. The van der Waals surface area contributed by atoms with E-state index in [9.17, 15) is 0 Å². The maximum Gasteiger partial charge on any atom is 0.164 e. The first kappa shape index (κ1) is 42.9. The van der Waals surface area contributed by atoms with Gasteiger partial charge in [-0.1, -0.05) is 237 Å². The van der Waals surface area contributed by atoms with E-state index in [1.807, 2.05) is 127 Å². The van der Waals surface area contributed by atoms with Gasteiger partial charge >= 0.3 is 0 Å². The number of furan rings is 1. The molecule has 3 aromatic heterocycles. The Kier molecular flexibility index (Phi) is 10.3. The quantitative estimate of drug-likeness (QED) is 0.142. The van der Waals surface area contributed by atoms with Crippen LogP contribution in [0, 0.1) is 0 Å². The Balaban J connectivity index is 1.00. The molecule has 0 bridgehead atoms. The van der Waals surface area contributed by atoms with Crippen LogP contribution >= 0.6 is 0 Å². The molecule has 0 amide bonds. The minimum atomic E-state index is -0.783. The number of rotatable bonds is 9. The van der Waals surface area contributed by atoms with Gasteiger partial charge in [0.05, 0.1) is 5.41 Å². The van der Waals surface area contributed by atoms with Crippen LogP contribution in [-0.2, 0) is 5.41 Å². The zero-order valence-corrected chi connectivity index (χ0v) is 39.8. The first-order valence-corrected chi connectivity index (χ1v) is 24.8. The topological polar surface area (TPSA) is 90.5 Å². The highest BCUT2D eigenvalue weighted by Crippen LogP contribution is 2.60. The van der Waals surface area contributed by atoms with Crippen LogP contribution in [0.1, 0.15) is 22.3 Å². The Hall–Kier alpha value is -9.98. The van der Waals surface area contributed by atoms with E-state index >= 15 is 0 Å². The van der Waals surface area contributed by atoms with Crippen LogP contribution in [0.2, 0.25) is 0 Å². The lowest BCUT2D eigenvalue weighted by Crippen LogP contribution is -2.28. The van der Waals surface area contributed by atoms with Crippen molar-refractivity contribution in [2.24, 2.45) is 0 Å². The number of para-hydroxylation sites is 1. The number of hydrogen-bond acceptors (Lipinski definition) is 7. The number of aromatic nitrogens is 6. The van der Waals surface area contributed by atoms with Crippen LogP contribution in [0.4, 0.5) is 0 Å². The molecule has 7 nitrogen and oxygen atoms in total. The summed E-state index contributed by atoms with van der Waals surface area (Å²) in [4.78, 5) is 30.5. The van der Waals surface area contributed by atoms with E-state index in [-0.39, 0.29) is 0 Å². The van der Waals surface area contributed by atoms with Gasteiger partial charge in [-0.3, -0.25) is 0 Å². The molecule has 1 aliphatic carbocycles. The van der Waals surface area contributed by atoms with Crippen molar-refractivity contribution < 1.29 is 4.42 Å². The molecule has 0 saturated carbocycles. The maximum absolute atomic E-state index is 7.05. The van der Waals surface area contributed by atoms with E-state index < -0.39 is 5.41 Å². The third-order valence-electron chi connectivity index (χ3n) is 14.3. The van der Waals surface area contributed by atoms with Crippen molar-refractivity contribution in [2.45, 2.75) is 5.41 Å². The van der Waals surface area contributed by atoms with E-state index in [2.05, 4.69) is 127 Å². The third-order valence-corrected chi connectivity index (χ3v) is 14.3. The molecule has 1 aliphatic rings. The number of nitrogens with zero attached hydrogens (tertiary/aromatic N) is 6. The van der Waals surface area contributed by atoms with Crippen molar-refractivity contribution in [3.05, 3.63) is 277 Å². The highest BCUT2D eigenvalue weighted by molar-refractivity contribution is 6.19. The molecule has 7 heteroatoms. The van der Waals surface area contributed by atoms with Crippen molar-refractivity contribution in [2.75, 3.05) is 0 Å². The van der Waals surface area contributed by atoms with Gasteiger partial charge < -0.3 is 4.42 Å². The number of fused-ring (bicyclic) bond motifs is 7. The summed E-state index contributed by atoms with van der Waals surface area (Å²) in [5, 5.41) is 2.11. The normalized spacial score (nSPS) is 12.4. The molecular formula is C67H42N6O. The molecule has 0 saturated heterocycles. The molecule has 346 valence electrons. The predicted molar refractivity (Wildman–Crippen MR) is 296 cm³/mol. The molecule has 0 fully saturated rings. The molecule has 0 N–H and O–H groups in total. The summed E-state index contributed by atoms with van der Waals surface area (Å²) in [6.07, 6.45) is 0. The van der Waals surface area contributed by atoms with E-state index in [0.717, 1.165) is 99.8 Å². The summed E-state index contributed by atoms with van der Waals surface area (Å²) < 4.78 is 7.05. The number of benzene rings is 10. The van der Waals surface area contributed by atoms with Crippen LogP contribution in [0.25, 0.3) is 113 Å². The van der Waals surface area contributed by atoms with Gasteiger partial charge in [-0.2, -0.15) is 0 Å². The van der Waals surface area contributed by atoms with E-state index in [0.29, 0.717) is 34.9 Å². The molecular weight excluding hydrogens is 905 g/mol. The van der Waals surface area contributed by atoms with E-state index in [1.54, 1.807) is 0 Å². The molecule has 74 heavy (non-hydrogen) atoms. The Morgan fingerprint density at radius 3 is 1.11 bits per heavy atom. The molecule has 0 radical (unpaired) electrons. The second-order valence-corrected chi connectivity index (χ2v) is 18.5. The Labute approximate surface area is 427 Å². The largest absolute Gasteiger partial charge is 0.455 e. The molecule has 14 rings (SSSR count). The molecule has 13 aromatic rings. The molecule has 0 spiro atoms. The summed E-state index contributed by atoms with van der Waals surface area (Å²) in [5.74, 6) is 3.64. The first-order chi connectivity index (χ1) is 36.7. The second-order valence-electron chi connectivity index (χ2n) is 18.5. The molecule has 0 aliphatic heterocycles. The summed E-state index contributed by atoms with van der Waals surface area (Å²) >= 11 is 0. The average Bonchev–Trinajstić information content (AvgIpc) is 4.07. The molecule has 10 aromatic carbocycles. The molecule has 0 atom stereocenters. The highest BCUT2D eigenvalue weighted by Gasteiger charge is 2.48. The SMILES string of the molecule is c1ccc(-c2nc(-c3ccccc3)nc(-c3ccc(-c4cc5c(c6c4oc4ccccc46)-c4ccc(-c6nc(-c7ccccc7)nc(-c7ccccc7)n6)cc4C5(c4ccccc4)c4ccccc4)cc3)n2)cc1. The van der Waals surface area contributed by atoms with Crippen molar-refractivity contribution in [1.29, 1.82) is 0 Å². The predicted octanol–water partition coefficient (Wildman–Crippen LogP) is 16.0. The standard InChI is InChI=1S/C67H42N6O/c1-7-21-44(22-8-1)61-68-62(45-23-9-2-10-24-45)71-65(70-61)48-37-35-43(36-38-48)54-42-56-58(59-53-33-19-20-34-57(53)74-60(54)59)52-40-39-49(41-55(52)67(56,50-29-15-5-16-30-50)51-31-17-6-18-32-51)66-72-63(46-25-11-3-12-26-46)69-64(73-66)47-27-13-4-14-28-47/h1-42H. The first-order valence-electron chi connectivity index (χ1n) is 24.8. The van der Waals surface area contributed by atoms with Gasteiger partial charge in [0.15, 0.2) is 34.9 Å². The lowest BCUT2D eigenvalue weighted by molar-refractivity contribution is 0.669. The Morgan fingerprint density at radius 2 is 0.649 bits per heavy atom. The van der Waals surface area contributed by atoms with Crippen molar-refractivity contribution >= 4 is 21.9 Å². The van der Waals surface area contributed by atoms with Crippen molar-refractivity contribution in [3.63, 3.8) is 0 Å². The lowest BCUT2D eigenvalue weighted by atomic mass is 9.67. The maximum atomic E-state index is 7.05. The number of hydrogen-bond donors (Lipinski definition) is 0. The van der Waals surface area contributed by atoms with Crippen molar-refractivity contribution in [3.8, 4) is 90.6 Å². The van der Waals surface area contributed by atoms with Crippen LogP contribution in [0.15, 0.2) is 259 Å². The minimum absolute atomic E-state index is 0.593. The van der Waals surface area contributed by atoms with E-state index in [1.165, 1.54) is 0 Å². The second kappa shape index (κ2) is 17.7. The third kappa shape index (κ3) is 7.13. The highest BCUT2D eigenvalue weighted by atomic mass is 16.3. The van der Waals surface area contributed by atoms with Crippen LogP contribution < -0.4 is 0 Å². The van der Waals surface area contributed by atoms with Crippen molar-refractivity contribution in [1.82, 2.24) is 29.9 Å². The van der Waals surface area contributed by atoms with Gasteiger partial charge in [-0.25, -0.2) is 29.9 Å².